The molecule has 4 aliphatic heterocycles. The molecule has 1 aromatic carbocycles. The Morgan fingerprint density at radius 3 is 2.56 bits per heavy atom. The molecular weight excluding hydrogens is 411 g/mol. The minimum atomic E-state index is -0.522. The van der Waals surface area contributed by atoms with Gasteiger partial charge in [-0.2, -0.15) is 0 Å². The van der Waals surface area contributed by atoms with Gasteiger partial charge in [-0.05, 0) is 56.1 Å². The van der Waals surface area contributed by atoms with Crippen LogP contribution >= 0.6 is 0 Å². The van der Waals surface area contributed by atoms with Crippen LogP contribution in [0.4, 0.5) is 9.18 Å². The monoisotopic (exact) mass is 442 g/mol. The summed E-state index contributed by atoms with van der Waals surface area (Å²) in [5.74, 6) is 0.118. The minimum absolute atomic E-state index is 0.0566. The predicted octanol–water partition coefficient (Wildman–Crippen LogP) is 2.47. The average Bonchev–Trinajstić information content (AvgIpc) is 2.80. The molecular formula is C24H31FN4O3. The van der Waals surface area contributed by atoms with Gasteiger partial charge < -0.3 is 20.0 Å². The first-order valence-electron chi connectivity index (χ1n) is 11.9. The van der Waals surface area contributed by atoms with Gasteiger partial charge in [0.25, 0.3) is 5.91 Å². The summed E-state index contributed by atoms with van der Waals surface area (Å²) in [6.45, 7) is 3.40. The molecule has 5 rings (SSSR count). The van der Waals surface area contributed by atoms with Crippen molar-refractivity contribution < 1.29 is 18.8 Å². The molecule has 0 aliphatic carbocycles. The third-order valence-electron chi connectivity index (χ3n) is 7.67. The highest BCUT2D eigenvalue weighted by Gasteiger charge is 2.45. The van der Waals surface area contributed by atoms with Gasteiger partial charge in [0.1, 0.15) is 5.82 Å². The normalized spacial score (nSPS) is 28.3. The van der Waals surface area contributed by atoms with Gasteiger partial charge in [0.15, 0.2) is 0 Å². The van der Waals surface area contributed by atoms with Crippen LogP contribution in [0.25, 0.3) is 0 Å². The standard InChI is InChI=1S/C24H31FN4O3/c25-20-5-2-1-4-19(20)23(31)26-18-8-10-27(11-9-18)24(32)28-13-16-12-17(15-28)21-6-3-7-22(30)29(21)14-16/h1-2,4-5,16-18,21H,3,6-15H2,(H,26,31)/t16-,17-,21-/m1/s1. The third-order valence-corrected chi connectivity index (χ3v) is 7.67. The fraction of sp³-hybridized carbons (Fsp3) is 0.625. The highest BCUT2D eigenvalue weighted by molar-refractivity contribution is 5.94. The first kappa shape index (κ1) is 21.2. The first-order chi connectivity index (χ1) is 15.5. The van der Waals surface area contributed by atoms with Gasteiger partial charge >= 0.3 is 6.03 Å². The molecule has 1 aromatic rings. The molecule has 4 fully saturated rings. The lowest BCUT2D eigenvalue weighted by Gasteiger charge is -2.53. The fourth-order valence-corrected chi connectivity index (χ4v) is 6.09. The second-order valence-electron chi connectivity index (χ2n) is 9.77. The van der Waals surface area contributed by atoms with Crippen molar-refractivity contribution in [3.05, 3.63) is 35.6 Å². The van der Waals surface area contributed by atoms with Crippen LogP contribution in [0.2, 0.25) is 0 Å². The lowest BCUT2D eigenvalue weighted by atomic mass is 9.76. The van der Waals surface area contributed by atoms with E-state index < -0.39 is 11.7 Å². The summed E-state index contributed by atoms with van der Waals surface area (Å²) in [4.78, 5) is 43.9. The number of likely N-dealkylation sites (tertiary alicyclic amines) is 2. The number of nitrogens with one attached hydrogen (secondary N) is 1. The summed E-state index contributed by atoms with van der Waals surface area (Å²) >= 11 is 0. The minimum Gasteiger partial charge on any atom is -0.349 e. The topological polar surface area (TPSA) is 73.0 Å². The Labute approximate surface area is 187 Å². The number of fused-ring (bicyclic) bond motifs is 4. The van der Waals surface area contributed by atoms with Gasteiger partial charge in [0, 0.05) is 51.2 Å². The lowest BCUT2D eigenvalue weighted by molar-refractivity contribution is -0.144. The number of carbonyl (C=O) groups is 3. The number of rotatable bonds is 2. The van der Waals surface area contributed by atoms with Gasteiger partial charge in [0.2, 0.25) is 5.91 Å². The van der Waals surface area contributed by atoms with E-state index >= 15 is 0 Å². The highest BCUT2D eigenvalue weighted by Crippen LogP contribution is 2.38. The molecule has 4 heterocycles. The van der Waals surface area contributed by atoms with E-state index in [1.54, 1.807) is 12.1 Å². The van der Waals surface area contributed by atoms with E-state index in [0.29, 0.717) is 50.2 Å². The molecule has 0 spiro atoms. The Morgan fingerprint density at radius 2 is 1.78 bits per heavy atom. The van der Waals surface area contributed by atoms with E-state index in [-0.39, 0.29) is 23.5 Å². The molecule has 7 nitrogen and oxygen atoms in total. The molecule has 0 saturated carbocycles. The Balaban J connectivity index is 1.15. The molecule has 0 radical (unpaired) electrons. The van der Waals surface area contributed by atoms with Crippen molar-refractivity contribution in [2.45, 2.75) is 50.6 Å². The number of halogens is 1. The molecule has 1 N–H and O–H groups in total. The number of amides is 4. The maximum atomic E-state index is 13.8. The summed E-state index contributed by atoms with van der Waals surface area (Å²) in [6.07, 6.45) is 5.12. The molecule has 4 saturated heterocycles. The molecule has 4 amide bonds. The summed E-state index contributed by atoms with van der Waals surface area (Å²) in [5.41, 5.74) is 0.0566. The average molecular weight is 443 g/mol. The zero-order chi connectivity index (χ0) is 22.2. The molecule has 0 aromatic heterocycles. The quantitative estimate of drug-likeness (QED) is 0.765. The van der Waals surface area contributed by atoms with Gasteiger partial charge in [-0.15, -0.1) is 0 Å². The van der Waals surface area contributed by atoms with Crippen molar-refractivity contribution in [1.82, 2.24) is 20.0 Å². The number of hydrogen-bond acceptors (Lipinski definition) is 3. The smallest absolute Gasteiger partial charge is 0.320 e. The number of benzene rings is 1. The molecule has 2 bridgehead atoms. The SMILES string of the molecule is O=C(NC1CCN(C(=O)N2C[C@H]3C[C@H](C2)[C@H]2CCCC(=O)N2C3)CC1)c1ccccc1F. The third kappa shape index (κ3) is 4.07. The first-order valence-corrected chi connectivity index (χ1v) is 11.9. The van der Waals surface area contributed by atoms with Gasteiger partial charge in [-0.1, -0.05) is 12.1 Å². The molecule has 172 valence electrons. The maximum Gasteiger partial charge on any atom is 0.320 e. The summed E-state index contributed by atoms with van der Waals surface area (Å²) in [5, 5.41) is 2.91. The Kier molecular flexibility index (Phi) is 5.78. The summed E-state index contributed by atoms with van der Waals surface area (Å²) in [7, 11) is 0. The van der Waals surface area contributed by atoms with Crippen LogP contribution in [0.5, 0.6) is 0 Å². The van der Waals surface area contributed by atoms with Crippen LogP contribution in [0.15, 0.2) is 24.3 Å². The zero-order valence-electron chi connectivity index (χ0n) is 18.3. The largest absolute Gasteiger partial charge is 0.349 e. The molecule has 0 unspecified atom stereocenters. The van der Waals surface area contributed by atoms with Crippen molar-refractivity contribution in [2.75, 3.05) is 32.7 Å². The number of piperidine rings is 4. The Bertz CT molecular complexity index is 901. The molecule has 8 heteroatoms. The molecule has 3 atom stereocenters. The van der Waals surface area contributed by atoms with E-state index in [2.05, 4.69) is 10.2 Å². The maximum absolute atomic E-state index is 13.8. The van der Waals surface area contributed by atoms with Crippen molar-refractivity contribution >= 4 is 17.8 Å². The fourth-order valence-electron chi connectivity index (χ4n) is 6.09. The van der Waals surface area contributed by atoms with E-state index in [9.17, 15) is 18.8 Å². The van der Waals surface area contributed by atoms with Gasteiger partial charge in [-0.25, -0.2) is 9.18 Å². The van der Waals surface area contributed by atoms with Crippen molar-refractivity contribution in [2.24, 2.45) is 11.8 Å². The van der Waals surface area contributed by atoms with Gasteiger partial charge in [0.05, 0.1) is 5.56 Å². The number of nitrogens with zero attached hydrogens (tertiary/aromatic N) is 3. The highest BCUT2D eigenvalue weighted by atomic mass is 19.1. The van der Waals surface area contributed by atoms with Gasteiger partial charge in [-0.3, -0.25) is 9.59 Å². The number of urea groups is 1. The Morgan fingerprint density at radius 1 is 1.00 bits per heavy atom. The van der Waals surface area contributed by atoms with Crippen molar-refractivity contribution in [1.29, 1.82) is 0 Å². The van der Waals surface area contributed by atoms with Crippen LogP contribution < -0.4 is 5.32 Å². The zero-order valence-corrected chi connectivity index (χ0v) is 18.3. The van der Waals surface area contributed by atoms with E-state index in [4.69, 9.17) is 0 Å². The van der Waals surface area contributed by atoms with Crippen LogP contribution in [-0.2, 0) is 4.79 Å². The second-order valence-corrected chi connectivity index (χ2v) is 9.77. The van der Waals surface area contributed by atoms with Crippen LogP contribution in [-0.4, -0.2) is 77.4 Å². The van der Waals surface area contributed by atoms with E-state index in [0.717, 1.165) is 38.9 Å². The predicted molar refractivity (Wildman–Crippen MR) is 116 cm³/mol. The second kappa shape index (κ2) is 8.71. The van der Waals surface area contributed by atoms with Crippen molar-refractivity contribution in [3.63, 3.8) is 0 Å². The molecule has 4 aliphatic rings. The summed E-state index contributed by atoms with van der Waals surface area (Å²) < 4.78 is 13.8. The number of carbonyl (C=O) groups excluding carboxylic acids is 3. The van der Waals surface area contributed by atoms with E-state index in [1.165, 1.54) is 12.1 Å². The van der Waals surface area contributed by atoms with Crippen LogP contribution in [0.3, 0.4) is 0 Å². The van der Waals surface area contributed by atoms with Crippen molar-refractivity contribution in [3.8, 4) is 0 Å². The summed E-state index contributed by atoms with van der Waals surface area (Å²) in [6, 6.07) is 6.29. The van der Waals surface area contributed by atoms with E-state index in [1.807, 2.05) is 9.80 Å². The lowest BCUT2D eigenvalue weighted by Crippen LogP contribution is -2.62. The van der Waals surface area contributed by atoms with Crippen LogP contribution in [0.1, 0.15) is 48.9 Å². The van der Waals surface area contributed by atoms with Crippen LogP contribution in [0, 0.1) is 17.7 Å². The Hall–Kier alpha value is -2.64. The number of hydrogen-bond donors (Lipinski definition) is 1. The molecule has 32 heavy (non-hydrogen) atoms.